The smallest absolute Gasteiger partial charge is 0.340 e. The number of para-hydroxylation sites is 2. The minimum Gasteiger partial charge on any atom is -0.507 e. The molecule has 0 saturated carbocycles. The highest BCUT2D eigenvalue weighted by atomic mass is 35.5. The van der Waals surface area contributed by atoms with E-state index >= 15 is 0 Å². The summed E-state index contributed by atoms with van der Waals surface area (Å²) in [6.45, 7) is -0.637. The number of nitrogens with zero attached hydrogens (tertiary/aromatic N) is 2. The monoisotopic (exact) mass is 483 g/mol. The zero-order valence-corrected chi connectivity index (χ0v) is 18.6. The number of nitriles is 1. The molecule has 0 amide bonds. The summed E-state index contributed by atoms with van der Waals surface area (Å²) < 4.78 is 5.15. The van der Waals surface area contributed by atoms with E-state index in [4.69, 9.17) is 16.3 Å². The van der Waals surface area contributed by atoms with Gasteiger partial charge in [-0.25, -0.2) is 9.78 Å². The first-order chi connectivity index (χ1) is 16.9. The maximum atomic E-state index is 13.0. The topological polar surface area (TPSA) is 133 Å². The number of nitrogens with one attached hydrogen (secondary N) is 1. The predicted molar refractivity (Wildman–Crippen MR) is 126 cm³/mol. The molecule has 35 heavy (non-hydrogen) atoms. The van der Waals surface area contributed by atoms with Crippen LogP contribution in [-0.4, -0.2) is 39.2 Å². The molecular weight excluding hydrogens is 470 g/mol. The van der Waals surface area contributed by atoms with Crippen LogP contribution in [0.1, 0.15) is 48.0 Å². The molecule has 0 aliphatic heterocycles. The highest BCUT2D eigenvalue weighted by Gasteiger charge is 2.33. The van der Waals surface area contributed by atoms with Gasteiger partial charge in [0.1, 0.15) is 18.2 Å². The summed E-state index contributed by atoms with van der Waals surface area (Å²) in [4.78, 5) is 45.7. The molecule has 1 heterocycles. The standard InChI is InChI=1S/C26H14ClN3O5/c27-22-16(10-9-15-21(22)24(33)14-6-2-1-5-13(14)23(15)32)26(34)35-12-20(31)17(11-28)25-29-18-7-3-4-8-19(18)30-25/h1-10,31H,12H2,(H,29,30). The number of hydrogen-bond acceptors (Lipinski definition) is 7. The molecule has 0 atom stereocenters. The molecule has 4 aromatic rings. The second-order valence-corrected chi connectivity index (χ2v) is 8.04. The number of benzene rings is 3. The van der Waals surface area contributed by atoms with E-state index in [1.54, 1.807) is 42.5 Å². The Kier molecular flexibility index (Phi) is 5.40. The molecule has 1 aliphatic rings. The number of fused-ring (bicyclic) bond motifs is 3. The van der Waals surface area contributed by atoms with Gasteiger partial charge in [-0.3, -0.25) is 9.59 Å². The van der Waals surface area contributed by atoms with E-state index in [0.717, 1.165) is 0 Å². The lowest BCUT2D eigenvalue weighted by Gasteiger charge is -2.19. The van der Waals surface area contributed by atoms with Crippen molar-refractivity contribution in [3.05, 3.63) is 105 Å². The highest BCUT2D eigenvalue weighted by Crippen LogP contribution is 2.34. The Labute approximate surface area is 203 Å². The van der Waals surface area contributed by atoms with E-state index < -0.39 is 24.1 Å². The average molecular weight is 484 g/mol. The van der Waals surface area contributed by atoms with Crippen molar-refractivity contribution >= 4 is 45.7 Å². The quantitative estimate of drug-likeness (QED) is 0.216. The first-order valence-electron chi connectivity index (χ1n) is 10.4. The van der Waals surface area contributed by atoms with Gasteiger partial charge >= 0.3 is 5.97 Å². The maximum Gasteiger partial charge on any atom is 0.340 e. The molecule has 3 aromatic carbocycles. The van der Waals surface area contributed by atoms with Gasteiger partial charge in [0.2, 0.25) is 0 Å². The summed E-state index contributed by atoms with van der Waals surface area (Å²) in [7, 11) is 0. The van der Waals surface area contributed by atoms with Crippen molar-refractivity contribution in [2.75, 3.05) is 6.61 Å². The Bertz CT molecular complexity index is 1610. The van der Waals surface area contributed by atoms with Crippen LogP contribution in [0.4, 0.5) is 0 Å². The molecular formula is C26H14ClN3O5. The number of esters is 1. The molecule has 1 aliphatic carbocycles. The third-order valence-electron chi connectivity index (χ3n) is 5.62. The lowest BCUT2D eigenvalue weighted by Crippen LogP contribution is -2.22. The number of H-pyrrole nitrogens is 1. The van der Waals surface area contributed by atoms with Crippen LogP contribution in [-0.2, 0) is 4.74 Å². The molecule has 0 fully saturated rings. The number of aliphatic hydroxyl groups excluding tert-OH is 1. The van der Waals surface area contributed by atoms with E-state index in [1.165, 1.54) is 18.2 Å². The number of aromatic nitrogens is 2. The number of allylic oxidation sites excluding steroid dienone is 1. The van der Waals surface area contributed by atoms with Crippen LogP contribution in [0.2, 0.25) is 5.02 Å². The minimum absolute atomic E-state index is 0.0791. The summed E-state index contributed by atoms with van der Waals surface area (Å²) in [5.74, 6) is -2.19. The van der Waals surface area contributed by atoms with Crippen molar-refractivity contribution in [1.29, 1.82) is 5.26 Å². The van der Waals surface area contributed by atoms with Crippen LogP contribution >= 0.6 is 11.6 Å². The summed E-state index contributed by atoms with van der Waals surface area (Å²) in [5.41, 5.74) is 1.40. The summed E-state index contributed by atoms with van der Waals surface area (Å²) in [6, 6.07) is 17.9. The van der Waals surface area contributed by atoms with Crippen molar-refractivity contribution in [2.24, 2.45) is 0 Å². The predicted octanol–water partition coefficient (Wildman–Crippen LogP) is 4.64. The molecule has 1 aromatic heterocycles. The molecule has 0 spiro atoms. The maximum absolute atomic E-state index is 13.0. The van der Waals surface area contributed by atoms with Gasteiger partial charge in [0.15, 0.2) is 23.2 Å². The Morgan fingerprint density at radius 1 is 1.00 bits per heavy atom. The van der Waals surface area contributed by atoms with Gasteiger partial charge in [0, 0.05) is 16.7 Å². The van der Waals surface area contributed by atoms with E-state index in [-0.39, 0.29) is 50.0 Å². The average Bonchev–Trinajstić information content (AvgIpc) is 3.30. The van der Waals surface area contributed by atoms with Crippen LogP contribution < -0.4 is 0 Å². The molecule has 0 radical (unpaired) electrons. The van der Waals surface area contributed by atoms with Crippen LogP contribution in [0, 0.1) is 11.3 Å². The first-order valence-corrected chi connectivity index (χ1v) is 10.7. The summed E-state index contributed by atoms with van der Waals surface area (Å²) in [6.07, 6.45) is 0. The number of halogens is 1. The van der Waals surface area contributed by atoms with Crippen LogP contribution in [0.3, 0.4) is 0 Å². The molecule has 8 nitrogen and oxygen atoms in total. The Balaban J connectivity index is 1.42. The van der Waals surface area contributed by atoms with Gasteiger partial charge in [0.05, 0.1) is 27.2 Å². The minimum atomic E-state index is -0.939. The lowest BCUT2D eigenvalue weighted by molar-refractivity contribution is 0.0502. The molecule has 9 heteroatoms. The molecule has 5 rings (SSSR count). The van der Waals surface area contributed by atoms with Gasteiger partial charge in [-0.1, -0.05) is 48.0 Å². The molecule has 0 saturated heterocycles. The van der Waals surface area contributed by atoms with E-state index in [2.05, 4.69) is 9.97 Å². The summed E-state index contributed by atoms with van der Waals surface area (Å²) in [5, 5.41) is 19.7. The second-order valence-electron chi connectivity index (χ2n) is 7.67. The van der Waals surface area contributed by atoms with E-state index in [9.17, 15) is 24.8 Å². The number of hydrogen-bond donors (Lipinski definition) is 2. The fourth-order valence-corrected chi connectivity index (χ4v) is 4.24. The third kappa shape index (κ3) is 3.64. The normalized spacial score (nSPS) is 13.0. The third-order valence-corrected chi connectivity index (χ3v) is 6.01. The van der Waals surface area contributed by atoms with Crippen molar-refractivity contribution in [2.45, 2.75) is 0 Å². The van der Waals surface area contributed by atoms with Gasteiger partial charge in [-0.05, 0) is 24.3 Å². The van der Waals surface area contributed by atoms with Crippen LogP contribution in [0.15, 0.2) is 66.4 Å². The highest BCUT2D eigenvalue weighted by molar-refractivity contribution is 6.41. The number of ketones is 2. The number of aliphatic hydroxyl groups is 1. The number of rotatable bonds is 4. The Hall–Kier alpha value is -4.74. The molecule has 0 bridgehead atoms. The number of imidazole rings is 1. The SMILES string of the molecule is N#CC(=C(O)COC(=O)c1ccc2c(c1Cl)C(=O)c1ccccc1C2=O)c1nc2ccccc2[nH]1. The van der Waals surface area contributed by atoms with Crippen LogP contribution in [0.25, 0.3) is 16.6 Å². The van der Waals surface area contributed by atoms with Crippen LogP contribution in [0.5, 0.6) is 0 Å². The molecule has 170 valence electrons. The van der Waals surface area contributed by atoms with Gasteiger partial charge < -0.3 is 14.8 Å². The van der Waals surface area contributed by atoms with Crippen molar-refractivity contribution < 1.29 is 24.2 Å². The largest absolute Gasteiger partial charge is 0.507 e. The fraction of sp³-hybridized carbons (Fsp3) is 0.0385. The molecule has 0 unspecified atom stereocenters. The number of ether oxygens (including phenoxy) is 1. The van der Waals surface area contributed by atoms with Gasteiger partial charge in [0.25, 0.3) is 0 Å². The van der Waals surface area contributed by atoms with Gasteiger partial charge in [-0.2, -0.15) is 5.26 Å². The zero-order valence-electron chi connectivity index (χ0n) is 17.8. The number of carbonyl (C=O) groups is 3. The number of aromatic amines is 1. The zero-order chi connectivity index (χ0) is 24.7. The lowest BCUT2D eigenvalue weighted by atomic mass is 9.83. The first kappa shape index (κ1) is 22.1. The van der Waals surface area contributed by atoms with E-state index in [0.29, 0.717) is 11.0 Å². The molecule has 2 N–H and O–H groups in total. The Morgan fingerprint density at radius 3 is 2.40 bits per heavy atom. The summed E-state index contributed by atoms with van der Waals surface area (Å²) >= 11 is 6.38. The van der Waals surface area contributed by atoms with Crippen molar-refractivity contribution in [3.8, 4) is 6.07 Å². The van der Waals surface area contributed by atoms with Crippen molar-refractivity contribution in [3.63, 3.8) is 0 Å². The van der Waals surface area contributed by atoms with Gasteiger partial charge in [-0.15, -0.1) is 0 Å². The second kappa shape index (κ2) is 8.56. The fourth-order valence-electron chi connectivity index (χ4n) is 3.91. The number of carbonyl (C=O) groups excluding carboxylic acids is 3. The van der Waals surface area contributed by atoms with Crippen molar-refractivity contribution in [1.82, 2.24) is 9.97 Å². The Morgan fingerprint density at radius 2 is 1.69 bits per heavy atom. The van der Waals surface area contributed by atoms with E-state index in [1.807, 2.05) is 6.07 Å².